The molecule has 2 heterocycles. The number of H-pyrrole nitrogens is 1. The highest BCUT2D eigenvalue weighted by molar-refractivity contribution is 5.71. The predicted molar refractivity (Wildman–Crippen MR) is 120 cm³/mol. The smallest absolute Gasteiger partial charge is 0.329 e. The summed E-state index contributed by atoms with van der Waals surface area (Å²) in [6, 6.07) is 14.9. The number of hydrogen-bond donors (Lipinski definition) is 2. The zero-order chi connectivity index (χ0) is 22.8. The van der Waals surface area contributed by atoms with Crippen molar-refractivity contribution in [2.75, 3.05) is 6.61 Å². The van der Waals surface area contributed by atoms with Gasteiger partial charge in [-0.25, -0.2) is 4.79 Å². The molecular formula is C23H24N4O5. The van der Waals surface area contributed by atoms with E-state index in [2.05, 4.69) is 9.97 Å². The normalized spacial score (nSPS) is 12.1. The average molecular weight is 436 g/mol. The molecule has 0 bridgehead atoms. The van der Waals surface area contributed by atoms with Crippen molar-refractivity contribution < 1.29 is 14.6 Å². The number of aliphatic hydroxyl groups excluding tert-OH is 1. The second-order valence-corrected chi connectivity index (χ2v) is 7.70. The number of aromatic amines is 1. The zero-order valence-electron chi connectivity index (χ0n) is 18.0. The van der Waals surface area contributed by atoms with Crippen molar-refractivity contribution in [1.29, 1.82) is 0 Å². The Hall–Kier alpha value is -3.85. The number of benzene rings is 2. The number of ether oxygens (including phenoxy) is 2. The van der Waals surface area contributed by atoms with Crippen LogP contribution in [0.2, 0.25) is 0 Å². The second-order valence-electron chi connectivity index (χ2n) is 7.70. The number of aryl methyl sites for hydroxylation is 3. The second kappa shape index (κ2) is 8.72. The third kappa shape index (κ3) is 4.42. The molecule has 1 atom stereocenters. The zero-order valence-corrected chi connectivity index (χ0v) is 18.0. The Morgan fingerprint density at radius 1 is 1.06 bits per heavy atom. The summed E-state index contributed by atoms with van der Waals surface area (Å²) in [5.41, 5.74) is 1.12. The summed E-state index contributed by atoms with van der Waals surface area (Å²) in [5.74, 6) is 1.16. The van der Waals surface area contributed by atoms with Gasteiger partial charge in [-0.15, -0.1) is 0 Å². The first-order valence-corrected chi connectivity index (χ1v) is 10.1. The van der Waals surface area contributed by atoms with Crippen LogP contribution in [0, 0.1) is 13.8 Å². The van der Waals surface area contributed by atoms with Crippen LogP contribution in [0.1, 0.15) is 11.1 Å². The summed E-state index contributed by atoms with van der Waals surface area (Å²) < 4.78 is 14.3. The number of nitrogens with one attached hydrogen (secondary N) is 1. The lowest BCUT2D eigenvalue weighted by Crippen LogP contribution is -2.30. The van der Waals surface area contributed by atoms with E-state index >= 15 is 0 Å². The molecule has 32 heavy (non-hydrogen) atoms. The molecule has 0 aliphatic carbocycles. The van der Waals surface area contributed by atoms with Gasteiger partial charge in [-0.3, -0.25) is 18.9 Å². The van der Waals surface area contributed by atoms with Gasteiger partial charge >= 0.3 is 11.7 Å². The fourth-order valence-electron chi connectivity index (χ4n) is 3.41. The molecule has 2 aromatic carbocycles. The standard InChI is InChI=1S/C23H24N4O5/c1-14-6-4-8-17(10-14)31-13-16(28)12-27-19-20(26(3)22(30)25-21(19)29)24-23(27)32-18-9-5-7-15(2)11-18/h4-11,16,28H,12-13H2,1-3H3,(H,25,29,30)/t16-/m1/s1. The van der Waals surface area contributed by atoms with E-state index in [0.717, 1.165) is 11.1 Å². The summed E-state index contributed by atoms with van der Waals surface area (Å²) in [4.78, 5) is 31.3. The van der Waals surface area contributed by atoms with Gasteiger partial charge in [0.2, 0.25) is 0 Å². The van der Waals surface area contributed by atoms with Crippen molar-refractivity contribution in [1.82, 2.24) is 19.1 Å². The van der Waals surface area contributed by atoms with Gasteiger partial charge in [-0.05, 0) is 49.2 Å². The van der Waals surface area contributed by atoms with Gasteiger partial charge in [0.15, 0.2) is 11.2 Å². The number of hydrogen-bond acceptors (Lipinski definition) is 6. The lowest BCUT2D eigenvalue weighted by molar-refractivity contribution is 0.0915. The first-order chi connectivity index (χ1) is 15.3. The molecule has 9 heteroatoms. The minimum Gasteiger partial charge on any atom is -0.491 e. The van der Waals surface area contributed by atoms with Crippen LogP contribution in [0.3, 0.4) is 0 Å². The van der Waals surface area contributed by atoms with Crippen molar-refractivity contribution in [3.8, 4) is 17.5 Å². The maximum Gasteiger partial charge on any atom is 0.329 e. The van der Waals surface area contributed by atoms with E-state index in [1.807, 2.05) is 50.2 Å². The van der Waals surface area contributed by atoms with E-state index in [1.54, 1.807) is 12.1 Å². The number of aromatic nitrogens is 4. The van der Waals surface area contributed by atoms with Crippen LogP contribution in [0.4, 0.5) is 0 Å². The fourth-order valence-corrected chi connectivity index (χ4v) is 3.41. The topological polar surface area (TPSA) is 111 Å². The lowest BCUT2D eigenvalue weighted by atomic mass is 10.2. The van der Waals surface area contributed by atoms with Gasteiger partial charge < -0.3 is 14.6 Å². The largest absolute Gasteiger partial charge is 0.491 e. The molecule has 2 N–H and O–H groups in total. The van der Waals surface area contributed by atoms with E-state index in [4.69, 9.17) is 9.47 Å². The number of rotatable bonds is 7. The Labute approximate surface area is 183 Å². The van der Waals surface area contributed by atoms with Crippen LogP contribution in [0.25, 0.3) is 11.2 Å². The molecule has 0 aliphatic heterocycles. The predicted octanol–water partition coefficient (Wildman–Crippen LogP) is 2.27. The molecule has 0 saturated carbocycles. The van der Waals surface area contributed by atoms with Crippen molar-refractivity contribution in [2.45, 2.75) is 26.5 Å². The fraction of sp³-hybridized carbons (Fsp3) is 0.261. The summed E-state index contributed by atoms with van der Waals surface area (Å²) >= 11 is 0. The highest BCUT2D eigenvalue weighted by atomic mass is 16.5. The van der Waals surface area contributed by atoms with E-state index in [0.29, 0.717) is 11.5 Å². The van der Waals surface area contributed by atoms with Crippen molar-refractivity contribution in [2.24, 2.45) is 7.05 Å². The average Bonchev–Trinajstić information content (AvgIpc) is 3.09. The molecule has 0 spiro atoms. The Kier molecular flexibility index (Phi) is 5.83. The Balaban J connectivity index is 1.68. The third-order valence-electron chi connectivity index (χ3n) is 5.00. The Morgan fingerprint density at radius 3 is 2.41 bits per heavy atom. The quantitative estimate of drug-likeness (QED) is 0.460. The van der Waals surface area contributed by atoms with Crippen molar-refractivity contribution in [3.05, 3.63) is 80.5 Å². The van der Waals surface area contributed by atoms with E-state index in [1.165, 1.54) is 16.2 Å². The first-order valence-electron chi connectivity index (χ1n) is 10.1. The summed E-state index contributed by atoms with van der Waals surface area (Å²) in [6.07, 6.45) is -0.968. The first kappa shape index (κ1) is 21.4. The van der Waals surface area contributed by atoms with Crippen LogP contribution in [0.5, 0.6) is 17.5 Å². The molecule has 166 valence electrons. The SMILES string of the molecule is Cc1cccc(OC[C@H](O)Cn2c(Oc3cccc(C)c3)nc3c2c(=O)[nH]c(=O)n3C)c1. The molecule has 0 fully saturated rings. The highest BCUT2D eigenvalue weighted by Crippen LogP contribution is 2.25. The number of aliphatic hydroxyl groups is 1. The molecule has 0 radical (unpaired) electrons. The number of nitrogens with zero attached hydrogens (tertiary/aromatic N) is 3. The van der Waals surface area contributed by atoms with Crippen LogP contribution >= 0.6 is 0 Å². The van der Waals surface area contributed by atoms with E-state index in [9.17, 15) is 14.7 Å². The highest BCUT2D eigenvalue weighted by Gasteiger charge is 2.21. The lowest BCUT2D eigenvalue weighted by Gasteiger charge is -2.15. The van der Waals surface area contributed by atoms with Gasteiger partial charge in [0.25, 0.3) is 5.56 Å². The summed E-state index contributed by atoms with van der Waals surface area (Å²) in [6.45, 7) is 3.85. The monoisotopic (exact) mass is 436 g/mol. The maximum absolute atomic E-state index is 12.6. The van der Waals surface area contributed by atoms with Gasteiger partial charge in [0.1, 0.15) is 24.2 Å². The molecule has 2 aromatic heterocycles. The number of fused-ring (bicyclic) bond motifs is 1. The third-order valence-corrected chi connectivity index (χ3v) is 5.00. The van der Waals surface area contributed by atoms with Gasteiger partial charge in [0.05, 0.1) is 6.54 Å². The molecule has 0 saturated heterocycles. The van der Waals surface area contributed by atoms with Crippen molar-refractivity contribution >= 4 is 11.2 Å². The van der Waals surface area contributed by atoms with Gasteiger partial charge in [-0.1, -0.05) is 24.3 Å². The minimum absolute atomic E-state index is 0.00329. The van der Waals surface area contributed by atoms with Crippen LogP contribution in [-0.4, -0.2) is 36.9 Å². The van der Waals surface area contributed by atoms with Crippen LogP contribution < -0.4 is 20.7 Å². The summed E-state index contributed by atoms with van der Waals surface area (Å²) in [5, 5.41) is 10.7. The number of imidazole rings is 1. The van der Waals surface area contributed by atoms with Gasteiger partial charge in [-0.2, -0.15) is 4.98 Å². The van der Waals surface area contributed by atoms with Crippen LogP contribution in [0.15, 0.2) is 58.1 Å². The molecule has 0 amide bonds. The minimum atomic E-state index is -0.968. The molecule has 0 unspecified atom stereocenters. The van der Waals surface area contributed by atoms with Crippen LogP contribution in [-0.2, 0) is 13.6 Å². The van der Waals surface area contributed by atoms with E-state index in [-0.39, 0.29) is 30.3 Å². The molecule has 4 aromatic rings. The Morgan fingerprint density at radius 2 is 1.72 bits per heavy atom. The molecule has 0 aliphatic rings. The summed E-state index contributed by atoms with van der Waals surface area (Å²) in [7, 11) is 1.51. The molecular weight excluding hydrogens is 412 g/mol. The molecule has 9 nitrogen and oxygen atoms in total. The maximum atomic E-state index is 12.6. The van der Waals surface area contributed by atoms with Crippen molar-refractivity contribution in [3.63, 3.8) is 0 Å². The molecule has 4 rings (SSSR count). The Bertz CT molecular complexity index is 1390. The van der Waals surface area contributed by atoms with E-state index < -0.39 is 17.4 Å². The van der Waals surface area contributed by atoms with Gasteiger partial charge in [0, 0.05) is 7.05 Å².